The minimum absolute atomic E-state index is 0.166. The van der Waals surface area contributed by atoms with Crippen LogP contribution in [-0.4, -0.2) is 41.6 Å². The number of anilines is 1. The zero-order chi connectivity index (χ0) is 15.0. The zero-order valence-corrected chi connectivity index (χ0v) is 12.2. The molecule has 2 aliphatic rings. The average Bonchev–Trinajstić information content (AvgIpc) is 2.75. The van der Waals surface area contributed by atoms with Crippen molar-refractivity contribution in [2.75, 3.05) is 18.0 Å². The molecule has 1 aromatic carbocycles. The summed E-state index contributed by atoms with van der Waals surface area (Å²) >= 11 is 5.92. The number of carbonyl (C=O) groups excluding carboxylic acids is 3. The molecule has 2 amide bonds. The van der Waals surface area contributed by atoms with Gasteiger partial charge in [-0.15, -0.1) is 0 Å². The predicted octanol–water partition coefficient (Wildman–Crippen LogP) is 1.64. The van der Waals surface area contributed by atoms with Crippen LogP contribution in [0.15, 0.2) is 24.3 Å². The van der Waals surface area contributed by atoms with E-state index in [0.717, 1.165) is 0 Å². The lowest BCUT2D eigenvalue weighted by Gasteiger charge is -2.29. The molecule has 0 spiro atoms. The molecule has 0 aliphatic carbocycles. The number of halogens is 1. The van der Waals surface area contributed by atoms with Gasteiger partial charge in [0.25, 0.3) is 5.91 Å². The van der Waals surface area contributed by atoms with Crippen LogP contribution in [0.25, 0.3) is 0 Å². The molecule has 2 saturated heterocycles. The van der Waals surface area contributed by atoms with Crippen molar-refractivity contribution in [2.45, 2.75) is 25.3 Å². The molecule has 1 aromatic rings. The van der Waals surface area contributed by atoms with Gasteiger partial charge in [-0.05, 0) is 18.2 Å². The second-order valence-corrected chi connectivity index (χ2v) is 5.78. The van der Waals surface area contributed by atoms with Crippen LogP contribution in [0.2, 0.25) is 5.02 Å². The van der Waals surface area contributed by atoms with Crippen LogP contribution < -0.4 is 4.90 Å². The summed E-state index contributed by atoms with van der Waals surface area (Å²) < 4.78 is 0. The summed E-state index contributed by atoms with van der Waals surface area (Å²) in [5.74, 6) is -0.226. The Balaban J connectivity index is 1.81. The van der Waals surface area contributed by atoms with Gasteiger partial charge in [-0.25, -0.2) is 4.90 Å². The van der Waals surface area contributed by atoms with E-state index in [1.165, 1.54) is 4.90 Å². The maximum absolute atomic E-state index is 12.5. The smallest absolute Gasteiger partial charge is 0.251 e. The molecule has 0 saturated carbocycles. The summed E-state index contributed by atoms with van der Waals surface area (Å²) in [5.41, 5.74) is 0.507. The highest BCUT2D eigenvalue weighted by atomic mass is 35.5. The Kier molecular flexibility index (Phi) is 3.78. The van der Waals surface area contributed by atoms with E-state index in [1.807, 2.05) is 4.90 Å². The summed E-state index contributed by atoms with van der Waals surface area (Å²) in [6, 6.07) is 6.27. The molecule has 2 heterocycles. The monoisotopic (exact) mass is 306 g/mol. The van der Waals surface area contributed by atoms with Gasteiger partial charge in [0.2, 0.25) is 5.91 Å². The molecular formula is C15H15ClN2O3. The van der Waals surface area contributed by atoms with Crippen LogP contribution in [0.1, 0.15) is 19.3 Å². The largest absolute Gasteiger partial charge is 0.300 e. The summed E-state index contributed by atoms with van der Waals surface area (Å²) in [4.78, 5) is 39.2. The van der Waals surface area contributed by atoms with Gasteiger partial charge in [0.1, 0.15) is 5.78 Å². The highest BCUT2D eigenvalue weighted by molar-refractivity contribution is 6.31. The number of carbonyl (C=O) groups is 3. The van der Waals surface area contributed by atoms with Gasteiger partial charge >= 0.3 is 0 Å². The topological polar surface area (TPSA) is 57.7 Å². The molecule has 3 rings (SSSR count). The molecule has 0 N–H and O–H groups in total. The molecule has 0 radical (unpaired) electrons. The third-order valence-corrected chi connectivity index (χ3v) is 4.22. The van der Waals surface area contributed by atoms with E-state index in [9.17, 15) is 14.4 Å². The molecule has 6 heteroatoms. The van der Waals surface area contributed by atoms with Gasteiger partial charge < -0.3 is 0 Å². The molecular weight excluding hydrogens is 292 g/mol. The van der Waals surface area contributed by atoms with Crippen molar-refractivity contribution < 1.29 is 14.4 Å². The first-order chi connectivity index (χ1) is 10.1. The SMILES string of the molecule is O=C1CCN(C2CC(=O)N(c3cccc(Cl)c3)C2=O)CC1. The summed E-state index contributed by atoms with van der Waals surface area (Å²) in [5, 5.41) is 0.486. The number of amides is 2. The van der Waals surface area contributed by atoms with Crippen LogP contribution in [0.3, 0.4) is 0 Å². The Hall–Kier alpha value is -1.72. The lowest BCUT2D eigenvalue weighted by atomic mass is 10.1. The number of ketones is 1. The molecule has 21 heavy (non-hydrogen) atoms. The van der Waals surface area contributed by atoms with Crippen molar-refractivity contribution in [3.05, 3.63) is 29.3 Å². The predicted molar refractivity (Wildman–Crippen MR) is 78.2 cm³/mol. The van der Waals surface area contributed by atoms with Crippen molar-refractivity contribution in [3.63, 3.8) is 0 Å². The van der Waals surface area contributed by atoms with Gasteiger partial charge in [-0.1, -0.05) is 17.7 Å². The standard InChI is InChI=1S/C15H15ClN2O3/c16-10-2-1-3-11(8-10)18-14(20)9-13(15(18)21)17-6-4-12(19)5-7-17/h1-3,8,13H,4-7,9H2. The highest BCUT2D eigenvalue weighted by Gasteiger charge is 2.43. The number of piperidine rings is 1. The van der Waals surface area contributed by atoms with E-state index in [0.29, 0.717) is 36.6 Å². The minimum Gasteiger partial charge on any atom is -0.300 e. The normalized spacial score (nSPS) is 24.0. The van der Waals surface area contributed by atoms with Crippen molar-refractivity contribution in [1.29, 1.82) is 0 Å². The minimum atomic E-state index is -0.454. The Bertz CT molecular complexity index is 607. The van der Waals surface area contributed by atoms with Gasteiger partial charge in [-0.3, -0.25) is 19.3 Å². The van der Waals surface area contributed by atoms with Crippen LogP contribution in [0.4, 0.5) is 5.69 Å². The first kappa shape index (κ1) is 14.2. The maximum atomic E-state index is 12.5. The van der Waals surface area contributed by atoms with E-state index in [-0.39, 0.29) is 24.0 Å². The van der Waals surface area contributed by atoms with Crippen LogP contribution in [-0.2, 0) is 14.4 Å². The summed E-state index contributed by atoms with van der Waals surface area (Å²) in [7, 11) is 0. The fraction of sp³-hybridized carbons (Fsp3) is 0.400. The molecule has 2 aliphatic heterocycles. The number of imide groups is 1. The Morgan fingerprint density at radius 3 is 2.48 bits per heavy atom. The number of benzene rings is 1. The number of rotatable bonds is 2. The van der Waals surface area contributed by atoms with Crippen LogP contribution in [0.5, 0.6) is 0 Å². The fourth-order valence-corrected chi connectivity index (χ4v) is 3.06. The summed E-state index contributed by atoms with van der Waals surface area (Å²) in [6.45, 7) is 1.10. The Morgan fingerprint density at radius 2 is 1.81 bits per heavy atom. The molecule has 0 bridgehead atoms. The molecule has 5 nitrogen and oxygen atoms in total. The number of hydrogen-bond acceptors (Lipinski definition) is 4. The van der Waals surface area contributed by atoms with E-state index in [1.54, 1.807) is 24.3 Å². The number of nitrogens with zero attached hydrogens (tertiary/aromatic N) is 2. The van der Waals surface area contributed by atoms with Crippen molar-refractivity contribution in [2.24, 2.45) is 0 Å². The summed E-state index contributed by atoms with van der Waals surface area (Å²) in [6.07, 6.45) is 1.07. The second-order valence-electron chi connectivity index (χ2n) is 5.34. The van der Waals surface area contributed by atoms with Gasteiger partial charge in [0, 0.05) is 31.0 Å². The number of hydrogen-bond donors (Lipinski definition) is 0. The van der Waals surface area contributed by atoms with Crippen molar-refractivity contribution in [1.82, 2.24) is 4.90 Å². The van der Waals surface area contributed by atoms with E-state index >= 15 is 0 Å². The fourth-order valence-electron chi connectivity index (χ4n) is 2.87. The van der Waals surface area contributed by atoms with E-state index in [4.69, 9.17) is 11.6 Å². The quantitative estimate of drug-likeness (QED) is 0.779. The lowest BCUT2D eigenvalue weighted by molar-refractivity contribution is -0.127. The maximum Gasteiger partial charge on any atom is 0.251 e. The third kappa shape index (κ3) is 2.71. The lowest BCUT2D eigenvalue weighted by Crippen LogP contribution is -2.46. The highest BCUT2D eigenvalue weighted by Crippen LogP contribution is 2.28. The number of Topliss-reactive ketones (excluding diaryl/α,β-unsaturated/α-hetero) is 1. The second kappa shape index (κ2) is 5.58. The first-order valence-corrected chi connectivity index (χ1v) is 7.32. The third-order valence-electron chi connectivity index (χ3n) is 3.99. The first-order valence-electron chi connectivity index (χ1n) is 6.94. The Labute approximate surface area is 127 Å². The van der Waals surface area contributed by atoms with Crippen LogP contribution in [0, 0.1) is 0 Å². The molecule has 1 unspecified atom stereocenters. The average molecular weight is 307 g/mol. The molecule has 0 aromatic heterocycles. The van der Waals surface area contributed by atoms with Gasteiger partial charge in [-0.2, -0.15) is 0 Å². The van der Waals surface area contributed by atoms with Crippen molar-refractivity contribution >= 4 is 34.9 Å². The van der Waals surface area contributed by atoms with E-state index in [2.05, 4.69) is 0 Å². The van der Waals surface area contributed by atoms with E-state index < -0.39 is 6.04 Å². The van der Waals surface area contributed by atoms with Crippen molar-refractivity contribution in [3.8, 4) is 0 Å². The van der Waals surface area contributed by atoms with Gasteiger partial charge in [0.15, 0.2) is 0 Å². The van der Waals surface area contributed by atoms with Gasteiger partial charge in [0.05, 0.1) is 18.2 Å². The van der Waals surface area contributed by atoms with Crippen LogP contribution >= 0.6 is 11.6 Å². The number of likely N-dealkylation sites (tertiary alicyclic amines) is 1. The molecule has 1 atom stereocenters. The zero-order valence-electron chi connectivity index (χ0n) is 11.4. The Morgan fingerprint density at radius 1 is 1.10 bits per heavy atom. The molecule has 2 fully saturated rings. The molecule has 110 valence electrons.